The lowest BCUT2D eigenvalue weighted by Gasteiger charge is -2.33. The molecule has 18 heavy (non-hydrogen) atoms. The van der Waals surface area contributed by atoms with Crippen molar-refractivity contribution in [3.05, 3.63) is 0 Å². The van der Waals surface area contributed by atoms with Gasteiger partial charge in [0.1, 0.15) is 0 Å². The highest BCUT2D eigenvalue weighted by Crippen LogP contribution is 2.25. The summed E-state index contributed by atoms with van der Waals surface area (Å²) in [5.41, 5.74) is 0. The number of unbranched alkanes of at least 4 members (excludes halogenated alkanes) is 3. The second-order valence-corrected chi connectivity index (χ2v) is 5.23. The first kappa shape index (κ1) is 14.8. The summed E-state index contributed by atoms with van der Waals surface area (Å²) in [6.45, 7) is 2.86. The molecule has 1 rings (SSSR count). The maximum Gasteiger partial charge on any atom is 0.315 e. The summed E-state index contributed by atoms with van der Waals surface area (Å²) < 4.78 is 0. The van der Waals surface area contributed by atoms with Crippen molar-refractivity contribution in [3.63, 3.8) is 0 Å². The Morgan fingerprint density at radius 2 is 1.83 bits per heavy atom. The van der Waals surface area contributed by atoms with Gasteiger partial charge in [0.25, 0.3) is 0 Å². The van der Waals surface area contributed by atoms with Gasteiger partial charge in [0.05, 0.1) is 0 Å². The van der Waals surface area contributed by atoms with Gasteiger partial charge in [0.15, 0.2) is 0 Å². The van der Waals surface area contributed by atoms with Crippen LogP contribution in [0.15, 0.2) is 0 Å². The molecule has 0 atom stereocenters. The molecule has 0 radical (unpaired) electrons. The van der Waals surface area contributed by atoms with Crippen molar-refractivity contribution in [1.82, 2.24) is 10.6 Å². The quantitative estimate of drug-likeness (QED) is 0.582. The average Bonchev–Trinajstić information content (AvgIpc) is 2.25. The standard InChI is InChI=1S/C13H24N2O3/c1-10-8-11(9-10)15-13(18)14-7-5-3-2-4-6-12(16)17/h10-11H,2-9H2,1H3,(H,16,17)(H2,14,15,18). The van der Waals surface area contributed by atoms with Gasteiger partial charge in [0, 0.05) is 19.0 Å². The van der Waals surface area contributed by atoms with Gasteiger partial charge >= 0.3 is 12.0 Å². The van der Waals surface area contributed by atoms with E-state index in [2.05, 4.69) is 17.6 Å². The Kier molecular flexibility index (Phi) is 6.54. The highest BCUT2D eigenvalue weighted by molar-refractivity contribution is 5.74. The van der Waals surface area contributed by atoms with Crippen LogP contribution in [-0.2, 0) is 4.79 Å². The van der Waals surface area contributed by atoms with Gasteiger partial charge < -0.3 is 15.7 Å². The van der Waals surface area contributed by atoms with Gasteiger partial charge in [-0.05, 0) is 31.6 Å². The molecule has 0 heterocycles. The zero-order valence-electron chi connectivity index (χ0n) is 11.1. The number of hydrogen-bond acceptors (Lipinski definition) is 2. The molecule has 1 saturated carbocycles. The second-order valence-electron chi connectivity index (χ2n) is 5.23. The fourth-order valence-electron chi connectivity index (χ4n) is 2.21. The molecule has 3 N–H and O–H groups in total. The van der Waals surface area contributed by atoms with E-state index in [1.165, 1.54) is 0 Å². The van der Waals surface area contributed by atoms with Crippen LogP contribution in [-0.4, -0.2) is 29.7 Å². The molecule has 1 aliphatic rings. The zero-order valence-corrected chi connectivity index (χ0v) is 11.1. The van der Waals surface area contributed by atoms with E-state index >= 15 is 0 Å². The number of carboxylic acid groups (broad SMARTS) is 1. The van der Waals surface area contributed by atoms with Gasteiger partial charge in [-0.1, -0.05) is 19.8 Å². The van der Waals surface area contributed by atoms with E-state index in [4.69, 9.17) is 5.11 Å². The minimum atomic E-state index is -0.734. The molecule has 5 heteroatoms. The molecule has 0 aromatic carbocycles. The van der Waals surface area contributed by atoms with Crippen LogP contribution in [0.25, 0.3) is 0 Å². The molecule has 0 saturated heterocycles. The van der Waals surface area contributed by atoms with Crippen LogP contribution in [0.1, 0.15) is 51.9 Å². The van der Waals surface area contributed by atoms with Gasteiger partial charge in [-0.2, -0.15) is 0 Å². The number of carbonyl (C=O) groups is 2. The molecule has 0 spiro atoms. The molecule has 0 aromatic rings. The van der Waals surface area contributed by atoms with Crippen LogP contribution >= 0.6 is 0 Å². The fourth-order valence-corrected chi connectivity index (χ4v) is 2.21. The maximum atomic E-state index is 11.4. The normalized spacial score (nSPS) is 22.1. The summed E-state index contributed by atoms with van der Waals surface area (Å²) in [7, 11) is 0. The first-order valence-electron chi connectivity index (χ1n) is 6.84. The Balaban J connectivity index is 1.85. The van der Waals surface area contributed by atoms with E-state index < -0.39 is 5.97 Å². The number of amides is 2. The predicted octanol–water partition coefficient (Wildman–Crippen LogP) is 2.12. The molecule has 0 aliphatic heterocycles. The van der Waals surface area contributed by atoms with Crippen molar-refractivity contribution in [1.29, 1.82) is 0 Å². The largest absolute Gasteiger partial charge is 0.481 e. The van der Waals surface area contributed by atoms with Crippen molar-refractivity contribution in [3.8, 4) is 0 Å². The van der Waals surface area contributed by atoms with E-state index in [-0.39, 0.29) is 12.5 Å². The molecule has 0 unspecified atom stereocenters. The van der Waals surface area contributed by atoms with E-state index in [9.17, 15) is 9.59 Å². The minimum Gasteiger partial charge on any atom is -0.481 e. The Morgan fingerprint density at radius 3 is 2.44 bits per heavy atom. The van der Waals surface area contributed by atoms with Gasteiger partial charge in [-0.25, -0.2) is 4.79 Å². The predicted molar refractivity (Wildman–Crippen MR) is 69.4 cm³/mol. The molecule has 104 valence electrons. The number of carboxylic acids is 1. The van der Waals surface area contributed by atoms with Crippen LogP contribution < -0.4 is 10.6 Å². The number of rotatable bonds is 8. The lowest BCUT2D eigenvalue weighted by atomic mass is 9.82. The topological polar surface area (TPSA) is 78.4 Å². The summed E-state index contributed by atoms with van der Waals surface area (Å²) in [6, 6.07) is 0.285. The van der Waals surface area contributed by atoms with Crippen LogP contribution in [0.4, 0.5) is 4.79 Å². The molecule has 0 bridgehead atoms. The first-order chi connectivity index (χ1) is 8.58. The summed E-state index contributed by atoms with van der Waals surface area (Å²) in [5, 5.41) is 14.2. The Labute approximate surface area is 108 Å². The Bertz CT molecular complexity index is 275. The number of carbonyl (C=O) groups excluding carboxylic acids is 1. The molecule has 1 fully saturated rings. The lowest BCUT2D eigenvalue weighted by molar-refractivity contribution is -0.137. The van der Waals surface area contributed by atoms with Crippen molar-refractivity contribution in [2.45, 2.75) is 57.9 Å². The monoisotopic (exact) mass is 256 g/mol. The van der Waals surface area contributed by atoms with E-state index in [0.717, 1.165) is 44.4 Å². The molecule has 2 amide bonds. The minimum absolute atomic E-state index is 0.0718. The summed E-state index contributed by atoms with van der Waals surface area (Å²) in [6.07, 6.45) is 5.93. The Hall–Kier alpha value is -1.26. The third kappa shape index (κ3) is 6.47. The third-order valence-electron chi connectivity index (χ3n) is 3.31. The van der Waals surface area contributed by atoms with Crippen molar-refractivity contribution in [2.75, 3.05) is 6.54 Å². The molecular weight excluding hydrogens is 232 g/mol. The second kappa shape index (κ2) is 7.95. The summed E-state index contributed by atoms with van der Waals surface area (Å²) in [4.78, 5) is 21.7. The van der Waals surface area contributed by atoms with Gasteiger partial charge in [0.2, 0.25) is 0 Å². The number of nitrogens with one attached hydrogen (secondary N) is 2. The highest BCUT2D eigenvalue weighted by atomic mass is 16.4. The molecule has 5 nitrogen and oxygen atoms in total. The van der Waals surface area contributed by atoms with Crippen molar-refractivity contribution >= 4 is 12.0 Å². The Morgan fingerprint density at radius 1 is 1.17 bits per heavy atom. The van der Waals surface area contributed by atoms with Gasteiger partial charge in [-0.15, -0.1) is 0 Å². The summed E-state index contributed by atoms with van der Waals surface area (Å²) in [5.74, 6) is 0.00626. The third-order valence-corrected chi connectivity index (χ3v) is 3.31. The van der Waals surface area contributed by atoms with E-state index in [1.807, 2.05) is 0 Å². The first-order valence-corrected chi connectivity index (χ1v) is 6.84. The van der Waals surface area contributed by atoms with Crippen LogP contribution in [0.3, 0.4) is 0 Å². The number of hydrogen-bond donors (Lipinski definition) is 3. The average molecular weight is 256 g/mol. The van der Waals surface area contributed by atoms with Crippen LogP contribution in [0.2, 0.25) is 0 Å². The molecule has 1 aliphatic carbocycles. The van der Waals surface area contributed by atoms with Crippen LogP contribution in [0.5, 0.6) is 0 Å². The number of urea groups is 1. The van der Waals surface area contributed by atoms with Gasteiger partial charge in [-0.3, -0.25) is 4.79 Å². The molecule has 0 aromatic heterocycles. The van der Waals surface area contributed by atoms with Crippen LogP contribution in [0, 0.1) is 5.92 Å². The summed E-state index contributed by atoms with van der Waals surface area (Å²) >= 11 is 0. The smallest absolute Gasteiger partial charge is 0.315 e. The zero-order chi connectivity index (χ0) is 13.4. The van der Waals surface area contributed by atoms with Crippen molar-refractivity contribution in [2.24, 2.45) is 5.92 Å². The SMILES string of the molecule is CC1CC(NC(=O)NCCCCCCC(=O)O)C1. The van der Waals surface area contributed by atoms with Crippen molar-refractivity contribution < 1.29 is 14.7 Å². The fraction of sp³-hybridized carbons (Fsp3) is 0.846. The lowest BCUT2D eigenvalue weighted by Crippen LogP contribution is -2.47. The molecular formula is C13H24N2O3. The number of aliphatic carboxylic acids is 1. The highest BCUT2D eigenvalue weighted by Gasteiger charge is 2.26. The van der Waals surface area contributed by atoms with E-state index in [1.54, 1.807) is 0 Å². The van der Waals surface area contributed by atoms with E-state index in [0.29, 0.717) is 12.6 Å². The maximum absolute atomic E-state index is 11.4.